The number of aromatic nitrogens is 6. The van der Waals surface area contributed by atoms with E-state index in [1.54, 1.807) is 12.4 Å². The molecule has 0 saturated carbocycles. The molecule has 2 aliphatic rings. The second-order valence-electron chi connectivity index (χ2n) is 14.9. The maximum Gasteiger partial charge on any atom is 0.0944 e. The van der Waals surface area contributed by atoms with Crippen molar-refractivity contribution in [1.29, 1.82) is 0 Å². The van der Waals surface area contributed by atoms with Crippen molar-refractivity contribution >= 4 is 79.1 Å². The van der Waals surface area contributed by atoms with Gasteiger partial charge in [0.05, 0.1) is 129 Å². The Kier molecular flexibility index (Phi) is 12.3. The molecule has 0 spiro atoms. The number of ether oxygens (including phenoxy) is 2. The largest absolute Gasteiger partial charge is 0.378 e. The molecule has 8 heterocycles. The lowest BCUT2D eigenvalue weighted by Gasteiger charge is -2.28. The van der Waals surface area contributed by atoms with Crippen molar-refractivity contribution in [3.63, 3.8) is 0 Å². The molecule has 2 aliphatic heterocycles. The number of morpholine rings is 2. The van der Waals surface area contributed by atoms with Crippen LogP contribution in [0.15, 0.2) is 122 Å². The number of nitrogens with one attached hydrogen (secondary N) is 2. The fourth-order valence-corrected chi connectivity index (χ4v) is 8.22. The summed E-state index contributed by atoms with van der Waals surface area (Å²) in [4.78, 5) is 32.2. The number of anilines is 6. The Labute approximate surface area is 369 Å². The summed E-state index contributed by atoms with van der Waals surface area (Å²) in [6.45, 7) is 10.5. The van der Waals surface area contributed by atoms with Crippen LogP contribution in [0.3, 0.4) is 0 Å². The van der Waals surface area contributed by atoms with Gasteiger partial charge in [-0.15, -0.1) is 0 Å². The summed E-state index contributed by atoms with van der Waals surface area (Å²) in [7, 11) is 0. The highest BCUT2D eigenvalue weighted by Gasteiger charge is 2.20. The SMILES string of the molecule is Cc1c(-c2ccccn2)nc2c(Cl)cccc2c1Nc1cncc(N2CCOCC2)c1.Cc1c(-c2ccccn2)nc2c(Cl)cccc2c1Nc1cncc(N2CCOCC2)c1. The van der Waals surface area contributed by atoms with Crippen LogP contribution >= 0.6 is 23.2 Å². The summed E-state index contributed by atoms with van der Waals surface area (Å²) in [5.74, 6) is 0. The van der Waals surface area contributed by atoms with Gasteiger partial charge in [-0.2, -0.15) is 0 Å². The number of benzene rings is 2. The molecule has 0 radical (unpaired) electrons. The molecule has 12 nitrogen and oxygen atoms in total. The smallest absolute Gasteiger partial charge is 0.0944 e. The van der Waals surface area contributed by atoms with Crippen LogP contribution < -0.4 is 20.4 Å². The third-order valence-corrected chi connectivity index (χ3v) is 11.6. The highest BCUT2D eigenvalue weighted by atomic mass is 35.5. The molecule has 0 atom stereocenters. The Morgan fingerprint density at radius 3 is 1.37 bits per heavy atom. The molecule has 10 rings (SSSR count). The molecular formula is C48H44Cl2N10O2. The van der Waals surface area contributed by atoms with Gasteiger partial charge in [-0.25, -0.2) is 9.97 Å². The molecule has 2 saturated heterocycles. The lowest BCUT2D eigenvalue weighted by Crippen LogP contribution is -2.36. The van der Waals surface area contributed by atoms with Crippen molar-refractivity contribution < 1.29 is 9.47 Å². The first-order valence-corrected chi connectivity index (χ1v) is 21.3. The predicted octanol–water partition coefficient (Wildman–Crippen LogP) is 10.5. The maximum atomic E-state index is 6.53. The van der Waals surface area contributed by atoms with E-state index in [1.165, 1.54) is 0 Å². The first kappa shape index (κ1) is 40.9. The highest BCUT2D eigenvalue weighted by molar-refractivity contribution is 6.36. The minimum absolute atomic E-state index is 0.609. The van der Waals surface area contributed by atoms with E-state index in [4.69, 9.17) is 42.6 Å². The predicted molar refractivity (Wildman–Crippen MR) is 251 cm³/mol. The van der Waals surface area contributed by atoms with Gasteiger partial charge in [-0.3, -0.25) is 19.9 Å². The average Bonchev–Trinajstić information content (AvgIpc) is 3.32. The summed E-state index contributed by atoms with van der Waals surface area (Å²) < 4.78 is 10.9. The Balaban J connectivity index is 0.000000158. The lowest BCUT2D eigenvalue weighted by atomic mass is 10.0. The van der Waals surface area contributed by atoms with E-state index in [0.717, 1.165) is 142 Å². The second-order valence-corrected chi connectivity index (χ2v) is 15.7. The number of fused-ring (bicyclic) bond motifs is 2. The summed E-state index contributed by atoms with van der Waals surface area (Å²) >= 11 is 13.1. The normalized spacial score (nSPS) is 14.1. The number of nitrogens with zero attached hydrogens (tertiary/aromatic N) is 8. The van der Waals surface area contributed by atoms with Gasteiger partial charge in [-0.05, 0) is 62.4 Å². The van der Waals surface area contributed by atoms with Gasteiger partial charge in [0, 0.05) is 60.5 Å². The summed E-state index contributed by atoms with van der Waals surface area (Å²) in [6.07, 6.45) is 11.0. The maximum absolute atomic E-state index is 6.53. The van der Waals surface area contributed by atoms with Gasteiger partial charge >= 0.3 is 0 Å². The molecule has 312 valence electrons. The topological polar surface area (TPSA) is 126 Å². The van der Waals surface area contributed by atoms with Crippen molar-refractivity contribution in [2.75, 3.05) is 73.0 Å². The quantitative estimate of drug-likeness (QED) is 0.151. The molecule has 0 aliphatic carbocycles. The number of rotatable bonds is 8. The minimum atomic E-state index is 0.609. The van der Waals surface area contributed by atoms with Crippen LogP contribution in [-0.4, -0.2) is 82.5 Å². The molecule has 0 bridgehead atoms. The van der Waals surface area contributed by atoms with Gasteiger partial charge in [0.15, 0.2) is 0 Å². The average molecular weight is 864 g/mol. The fraction of sp³-hybridized carbons (Fsp3) is 0.208. The monoisotopic (exact) mass is 862 g/mol. The van der Waals surface area contributed by atoms with Crippen LogP contribution in [-0.2, 0) is 9.47 Å². The molecule has 2 fully saturated rings. The van der Waals surface area contributed by atoms with Crippen LogP contribution in [0.1, 0.15) is 11.1 Å². The molecule has 0 amide bonds. The van der Waals surface area contributed by atoms with Crippen molar-refractivity contribution in [3.8, 4) is 22.8 Å². The molecule has 0 unspecified atom stereocenters. The van der Waals surface area contributed by atoms with E-state index >= 15 is 0 Å². The van der Waals surface area contributed by atoms with Gasteiger partial charge in [0.1, 0.15) is 0 Å². The Morgan fingerprint density at radius 1 is 0.532 bits per heavy atom. The molecule has 6 aromatic heterocycles. The van der Waals surface area contributed by atoms with E-state index < -0.39 is 0 Å². The van der Waals surface area contributed by atoms with Crippen LogP contribution in [0.5, 0.6) is 0 Å². The van der Waals surface area contributed by atoms with Crippen LogP contribution in [0.25, 0.3) is 44.6 Å². The third-order valence-electron chi connectivity index (χ3n) is 11.0. The molecule has 2 N–H and O–H groups in total. The zero-order valence-electron chi connectivity index (χ0n) is 34.4. The Bertz CT molecular complexity index is 2650. The third kappa shape index (κ3) is 8.81. The number of hydrogen-bond donors (Lipinski definition) is 2. The second kappa shape index (κ2) is 18.7. The first-order valence-electron chi connectivity index (χ1n) is 20.5. The van der Waals surface area contributed by atoms with Crippen molar-refractivity contribution in [2.45, 2.75) is 13.8 Å². The molecular weight excluding hydrogens is 820 g/mol. The van der Waals surface area contributed by atoms with Crippen LogP contribution in [0.2, 0.25) is 10.0 Å². The van der Waals surface area contributed by atoms with Gasteiger partial charge in [0.25, 0.3) is 0 Å². The van der Waals surface area contributed by atoms with E-state index in [0.29, 0.717) is 10.0 Å². The Hall–Kier alpha value is -6.44. The summed E-state index contributed by atoms with van der Waals surface area (Å²) in [6, 6.07) is 27.6. The van der Waals surface area contributed by atoms with Crippen LogP contribution in [0, 0.1) is 13.8 Å². The summed E-state index contributed by atoms with van der Waals surface area (Å²) in [5, 5.41) is 10.3. The number of halogens is 2. The molecule has 62 heavy (non-hydrogen) atoms. The number of hydrogen-bond acceptors (Lipinski definition) is 12. The molecule has 2 aromatic carbocycles. The lowest BCUT2D eigenvalue weighted by molar-refractivity contribution is 0.122. The van der Waals surface area contributed by atoms with Crippen molar-refractivity contribution in [1.82, 2.24) is 29.9 Å². The zero-order valence-corrected chi connectivity index (χ0v) is 35.9. The number of para-hydroxylation sites is 2. The fourth-order valence-electron chi connectivity index (χ4n) is 7.79. The first-order chi connectivity index (χ1) is 30.4. The highest BCUT2D eigenvalue weighted by Crippen LogP contribution is 2.39. The van der Waals surface area contributed by atoms with Crippen molar-refractivity contribution in [2.24, 2.45) is 0 Å². The van der Waals surface area contributed by atoms with E-state index in [9.17, 15) is 0 Å². The van der Waals surface area contributed by atoms with E-state index in [1.807, 2.05) is 97.6 Å². The standard InChI is InChI=1S/2C24H22ClN5O/c2*1-16-22(28-17-13-18(15-26-14-17)30-9-11-31-12-10-30)19-5-4-6-20(25)24(19)29-23(16)21-7-2-3-8-27-21/h2*2-8,13-15H,9-12H2,1H3,(H,28,29). The minimum Gasteiger partial charge on any atom is -0.378 e. The molecule has 14 heteroatoms. The van der Waals surface area contributed by atoms with Gasteiger partial charge in [0.2, 0.25) is 0 Å². The van der Waals surface area contributed by atoms with E-state index in [2.05, 4.69) is 66.3 Å². The van der Waals surface area contributed by atoms with Crippen molar-refractivity contribution in [3.05, 3.63) is 143 Å². The van der Waals surface area contributed by atoms with Crippen LogP contribution in [0.4, 0.5) is 34.1 Å². The van der Waals surface area contributed by atoms with Gasteiger partial charge < -0.3 is 29.9 Å². The zero-order chi connectivity index (χ0) is 42.4. The Morgan fingerprint density at radius 2 is 0.968 bits per heavy atom. The van der Waals surface area contributed by atoms with Gasteiger partial charge in [-0.1, -0.05) is 59.6 Å². The molecule has 8 aromatic rings. The summed E-state index contributed by atoms with van der Waals surface area (Å²) in [5.41, 5.74) is 12.6. The number of pyridine rings is 6. The van der Waals surface area contributed by atoms with E-state index in [-0.39, 0.29) is 0 Å².